The van der Waals surface area contributed by atoms with Gasteiger partial charge in [-0.15, -0.1) is 0 Å². The first-order valence-electron chi connectivity index (χ1n) is 9.69. The number of anilines is 3. The van der Waals surface area contributed by atoms with Gasteiger partial charge in [0.25, 0.3) is 5.91 Å². The number of halogens is 3. The minimum Gasteiger partial charge on any atom is -0.371 e. The summed E-state index contributed by atoms with van der Waals surface area (Å²) in [7, 11) is 0. The number of nitrogens with zero attached hydrogens (tertiary/aromatic N) is 3. The number of fused-ring (bicyclic) bond motifs is 1. The fourth-order valence-electron chi connectivity index (χ4n) is 3.85. The lowest BCUT2D eigenvalue weighted by molar-refractivity contribution is -0.179. The van der Waals surface area contributed by atoms with Gasteiger partial charge in [0.1, 0.15) is 0 Å². The zero-order valence-corrected chi connectivity index (χ0v) is 16.4. The number of primary amides is 1. The highest BCUT2D eigenvalue weighted by Crippen LogP contribution is 2.36. The molecule has 1 aromatic carbocycles. The third kappa shape index (κ3) is 3.92. The van der Waals surface area contributed by atoms with Crippen LogP contribution in [0, 0.1) is 12.8 Å². The average molecular weight is 417 g/mol. The zero-order chi connectivity index (χ0) is 21.5. The van der Waals surface area contributed by atoms with Crippen molar-refractivity contribution in [2.24, 2.45) is 11.7 Å². The molecule has 3 heterocycles. The van der Waals surface area contributed by atoms with E-state index in [1.54, 1.807) is 16.8 Å². The molecule has 2 aromatic heterocycles. The van der Waals surface area contributed by atoms with E-state index >= 15 is 0 Å². The molecular weight excluding hydrogens is 395 g/mol. The Morgan fingerprint density at radius 1 is 1.20 bits per heavy atom. The van der Waals surface area contributed by atoms with Gasteiger partial charge < -0.3 is 16.0 Å². The molecule has 3 aromatic rings. The fourth-order valence-corrected chi connectivity index (χ4v) is 3.85. The van der Waals surface area contributed by atoms with Gasteiger partial charge in [-0.3, -0.25) is 4.79 Å². The van der Waals surface area contributed by atoms with Crippen molar-refractivity contribution in [3.05, 3.63) is 53.9 Å². The Morgan fingerprint density at radius 2 is 1.93 bits per heavy atom. The quantitative estimate of drug-likeness (QED) is 0.665. The van der Waals surface area contributed by atoms with Crippen molar-refractivity contribution in [2.45, 2.75) is 25.9 Å². The lowest BCUT2D eigenvalue weighted by Gasteiger charge is -2.34. The number of hydrogen-bond donors (Lipinski definition) is 2. The number of nitrogens with one attached hydrogen (secondary N) is 1. The molecule has 1 amide bonds. The highest BCUT2D eigenvalue weighted by Gasteiger charge is 2.41. The molecule has 1 aliphatic heterocycles. The number of nitrogens with two attached hydrogens (primary N) is 1. The molecule has 0 unspecified atom stereocenters. The van der Waals surface area contributed by atoms with Gasteiger partial charge in [0.2, 0.25) is 0 Å². The van der Waals surface area contributed by atoms with Gasteiger partial charge in [-0.05, 0) is 55.7 Å². The minimum absolute atomic E-state index is 0.121. The first-order valence-corrected chi connectivity index (χ1v) is 9.69. The summed E-state index contributed by atoms with van der Waals surface area (Å²) in [5.74, 6) is -1.75. The maximum absolute atomic E-state index is 12.9. The molecule has 30 heavy (non-hydrogen) atoms. The van der Waals surface area contributed by atoms with Gasteiger partial charge >= 0.3 is 6.18 Å². The number of hydrogen-bond acceptors (Lipinski definition) is 4. The standard InChI is InChI=1S/C21H22F3N5O/c1-13-10-16(28-7-4-14(5-8-28)21(22,23)24)2-3-18(13)27-15-6-9-29-19(11-15)17(12-26-29)20(25)30/h2-3,6,9-12,14,27H,4-5,7-8H2,1H3,(H2,25,30). The summed E-state index contributed by atoms with van der Waals surface area (Å²) in [6, 6.07) is 9.43. The maximum Gasteiger partial charge on any atom is 0.391 e. The summed E-state index contributed by atoms with van der Waals surface area (Å²) >= 11 is 0. The van der Waals surface area contributed by atoms with Gasteiger partial charge in [0.15, 0.2) is 0 Å². The number of carbonyl (C=O) groups is 1. The van der Waals surface area contributed by atoms with Crippen molar-refractivity contribution in [3.63, 3.8) is 0 Å². The van der Waals surface area contributed by atoms with Crippen LogP contribution in [0.3, 0.4) is 0 Å². The predicted molar refractivity (Wildman–Crippen MR) is 109 cm³/mol. The van der Waals surface area contributed by atoms with Gasteiger partial charge in [-0.25, -0.2) is 4.52 Å². The molecule has 0 bridgehead atoms. The second-order valence-corrected chi connectivity index (χ2v) is 7.59. The highest BCUT2D eigenvalue weighted by atomic mass is 19.4. The number of pyridine rings is 1. The number of carbonyl (C=O) groups excluding carboxylic acids is 1. The van der Waals surface area contributed by atoms with Crippen molar-refractivity contribution in [1.82, 2.24) is 9.61 Å². The average Bonchev–Trinajstić information content (AvgIpc) is 3.12. The summed E-state index contributed by atoms with van der Waals surface area (Å²) in [5, 5.41) is 7.42. The molecule has 1 fully saturated rings. The van der Waals surface area contributed by atoms with Gasteiger partial charge in [-0.1, -0.05) is 0 Å². The highest BCUT2D eigenvalue weighted by molar-refractivity contribution is 6.00. The summed E-state index contributed by atoms with van der Waals surface area (Å²) in [4.78, 5) is 13.5. The lowest BCUT2D eigenvalue weighted by Crippen LogP contribution is -2.39. The number of piperidine rings is 1. The number of alkyl halides is 3. The number of amides is 1. The summed E-state index contributed by atoms with van der Waals surface area (Å²) in [6.07, 6.45) is -0.699. The molecule has 0 spiro atoms. The van der Waals surface area contributed by atoms with Gasteiger partial charge in [-0.2, -0.15) is 18.3 Å². The topological polar surface area (TPSA) is 75.7 Å². The van der Waals surface area contributed by atoms with Gasteiger partial charge in [0.05, 0.1) is 23.2 Å². The Hall–Kier alpha value is -3.23. The molecule has 0 saturated carbocycles. The van der Waals surface area contributed by atoms with Crippen LogP contribution in [0.4, 0.5) is 30.2 Å². The van der Waals surface area contributed by atoms with Crippen LogP contribution in [-0.4, -0.2) is 34.8 Å². The number of benzene rings is 1. The summed E-state index contributed by atoms with van der Waals surface area (Å²) in [5.41, 5.74) is 9.86. The normalized spacial score (nSPS) is 15.5. The molecule has 1 saturated heterocycles. The lowest BCUT2D eigenvalue weighted by atomic mass is 9.96. The van der Waals surface area contributed by atoms with Crippen LogP contribution in [0.1, 0.15) is 28.8 Å². The van der Waals surface area contributed by atoms with E-state index in [2.05, 4.69) is 10.4 Å². The van der Waals surface area contributed by atoms with Crippen LogP contribution in [0.15, 0.2) is 42.7 Å². The fraction of sp³-hybridized carbons (Fsp3) is 0.333. The summed E-state index contributed by atoms with van der Waals surface area (Å²) in [6.45, 7) is 2.73. The predicted octanol–water partition coefficient (Wildman–Crippen LogP) is 4.26. The first kappa shape index (κ1) is 20.1. The van der Waals surface area contributed by atoms with Crippen LogP contribution in [0.2, 0.25) is 0 Å². The van der Waals surface area contributed by atoms with Crippen LogP contribution in [-0.2, 0) is 0 Å². The third-order valence-electron chi connectivity index (χ3n) is 5.60. The molecule has 4 rings (SSSR count). The van der Waals surface area contributed by atoms with Gasteiger partial charge in [0, 0.05) is 36.3 Å². The van der Waals surface area contributed by atoms with Crippen LogP contribution in [0.5, 0.6) is 0 Å². The molecule has 0 atom stereocenters. The molecule has 158 valence electrons. The number of aromatic nitrogens is 2. The number of rotatable bonds is 4. The smallest absolute Gasteiger partial charge is 0.371 e. The Labute approximate surface area is 171 Å². The zero-order valence-electron chi connectivity index (χ0n) is 16.4. The molecule has 3 N–H and O–H groups in total. The van der Waals surface area contributed by atoms with E-state index in [9.17, 15) is 18.0 Å². The largest absolute Gasteiger partial charge is 0.391 e. The summed E-state index contributed by atoms with van der Waals surface area (Å²) < 4.78 is 40.2. The molecule has 9 heteroatoms. The minimum atomic E-state index is -4.11. The van der Waals surface area contributed by atoms with E-state index in [0.29, 0.717) is 24.2 Å². The third-order valence-corrected chi connectivity index (χ3v) is 5.60. The van der Waals surface area contributed by atoms with E-state index < -0.39 is 18.0 Å². The van der Waals surface area contributed by atoms with Crippen LogP contribution < -0.4 is 16.0 Å². The first-order chi connectivity index (χ1) is 14.2. The van der Waals surface area contributed by atoms with Crippen molar-refractivity contribution in [2.75, 3.05) is 23.3 Å². The van der Waals surface area contributed by atoms with E-state index in [-0.39, 0.29) is 12.8 Å². The van der Waals surface area contributed by atoms with E-state index in [1.165, 1.54) is 6.20 Å². The maximum atomic E-state index is 12.9. The SMILES string of the molecule is Cc1cc(N2CCC(C(F)(F)F)CC2)ccc1Nc1ccn2ncc(C(N)=O)c2c1. The van der Waals surface area contributed by atoms with Crippen molar-refractivity contribution in [1.29, 1.82) is 0 Å². The Kier molecular flexibility index (Phi) is 5.05. The van der Waals surface area contributed by atoms with Crippen LogP contribution >= 0.6 is 0 Å². The van der Waals surface area contributed by atoms with Crippen molar-refractivity contribution < 1.29 is 18.0 Å². The second kappa shape index (κ2) is 7.55. The number of aryl methyl sites for hydroxylation is 1. The van der Waals surface area contributed by atoms with Crippen LogP contribution in [0.25, 0.3) is 5.52 Å². The second-order valence-electron chi connectivity index (χ2n) is 7.59. The molecule has 6 nitrogen and oxygen atoms in total. The van der Waals surface area contributed by atoms with Crippen molar-refractivity contribution >= 4 is 28.5 Å². The monoisotopic (exact) mass is 417 g/mol. The molecule has 0 radical (unpaired) electrons. The van der Waals surface area contributed by atoms with E-state index in [4.69, 9.17) is 5.73 Å². The Balaban J connectivity index is 1.50. The van der Waals surface area contributed by atoms with Crippen molar-refractivity contribution in [3.8, 4) is 0 Å². The molecule has 0 aliphatic carbocycles. The Bertz CT molecular complexity index is 1080. The Morgan fingerprint density at radius 3 is 2.57 bits per heavy atom. The molecular formula is C21H22F3N5O. The van der Waals surface area contributed by atoms with E-state index in [0.717, 1.165) is 22.6 Å². The molecule has 1 aliphatic rings. The van der Waals surface area contributed by atoms with E-state index in [1.807, 2.05) is 36.1 Å².